The molecule has 5 aromatic rings. The average Bonchev–Trinajstić information content (AvgIpc) is 3.39. The fourth-order valence-corrected chi connectivity index (χ4v) is 5.10. The predicted molar refractivity (Wildman–Crippen MR) is 133 cm³/mol. The lowest BCUT2D eigenvalue weighted by atomic mass is 9.93. The Labute approximate surface area is 197 Å². The summed E-state index contributed by atoms with van der Waals surface area (Å²) >= 11 is 0. The van der Waals surface area contributed by atoms with Crippen LogP contribution < -0.4 is 0 Å². The van der Waals surface area contributed by atoms with Crippen LogP contribution in [-0.4, -0.2) is 22.3 Å². The number of H-pyrrole nitrogens is 1. The zero-order valence-corrected chi connectivity index (χ0v) is 18.5. The number of para-hydroxylation sites is 1. The van der Waals surface area contributed by atoms with E-state index < -0.39 is 0 Å². The number of fused-ring (bicyclic) bond motifs is 2. The number of nitrogens with zero attached hydrogens (tertiary/aromatic N) is 1. The number of nitrogens with one attached hydrogen (secondary N) is 1. The Morgan fingerprint density at radius 1 is 0.794 bits per heavy atom. The summed E-state index contributed by atoms with van der Waals surface area (Å²) in [4.78, 5) is 19.2. The summed E-state index contributed by atoms with van der Waals surface area (Å²) in [6.07, 6.45) is 0.769. The van der Waals surface area contributed by atoms with Crippen LogP contribution in [0.4, 0.5) is 4.39 Å². The van der Waals surface area contributed by atoms with Gasteiger partial charge >= 0.3 is 0 Å². The molecule has 4 heteroatoms. The van der Waals surface area contributed by atoms with Crippen molar-refractivity contribution < 1.29 is 9.18 Å². The van der Waals surface area contributed by atoms with Gasteiger partial charge in [0.1, 0.15) is 5.82 Å². The van der Waals surface area contributed by atoms with Gasteiger partial charge in [0.15, 0.2) is 0 Å². The van der Waals surface area contributed by atoms with Crippen molar-refractivity contribution in [3.05, 3.63) is 131 Å². The third-order valence-corrected chi connectivity index (χ3v) is 6.70. The van der Waals surface area contributed by atoms with Crippen molar-refractivity contribution in [3.63, 3.8) is 0 Å². The standard InChI is InChI=1S/C30H23FN2O/c31-22-16-14-21(15-17-22)28-27(25-12-6-7-13-26(25)32-28)29-23-10-4-5-11-24(23)30(34)33(29)19-18-20-8-2-1-3-9-20/h1-17,29,32H,18-19H2/t29-/m0/s1. The Morgan fingerprint density at radius 2 is 1.50 bits per heavy atom. The predicted octanol–water partition coefficient (Wildman–Crippen LogP) is 6.76. The Hall–Kier alpha value is -4.18. The summed E-state index contributed by atoms with van der Waals surface area (Å²) in [5.74, 6) is -0.223. The topological polar surface area (TPSA) is 36.1 Å². The first kappa shape index (κ1) is 20.4. The number of carbonyl (C=O) groups is 1. The van der Waals surface area contributed by atoms with E-state index in [-0.39, 0.29) is 17.8 Å². The molecule has 3 nitrogen and oxygen atoms in total. The molecule has 166 valence electrons. The molecule has 6 rings (SSSR count). The summed E-state index contributed by atoms with van der Waals surface area (Å²) in [7, 11) is 0. The molecule has 0 saturated carbocycles. The first-order valence-electron chi connectivity index (χ1n) is 11.5. The van der Waals surface area contributed by atoms with Crippen LogP contribution in [0, 0.1) is 5.82 Å². The highest BCUT2D eigenvalue weighted by atomic mass is 19.1. The van der Waals surface area contributed by atoms with Gasteiger partial charge < -0.3 is 9.88 Å². The number of aromatic amines is 1. The minimum absolute atomic E-state index is 0.0480. The molecule has 0 radical (unpaired) electrons. The zero-order valence-electron chi connectivity index (χ0n) is 18.5. The molecule has 0 aliphatic carbocycles. The molecule has 2 heterocycles. The van der Waals surface area contributed by atoms with E-state index in [1.165, 1.54) is 17.7 Å². The monoisotopic (exact) mass is 446 g/mol. The fraction of sp³-hybridized carbons (Fsp3) is 0.100. The maximum absolute atomic E-state index is 13.7. The molecule has 0 saturated heterocycles. The lowest BCUT2D eigenvalue weighted by Gasteiger charge is -2.27. The second-order valence-corrected chi connectivity index (χ2v) is 8.69. The van der Waals surface area contributed by atoms with Crippen LogP contribution >= 0.6 is 0 Å². The third-order valence-electron chi connectivity index (χ3n) is 6.70. The van der Waals surface area contributed by atoms with Crippen molar-refractivity contribution in [3.8, 4) is 11.3 Å². The minimum atomic E-state index is -0.271. The second-order valence-electron chi connectivity index (χ2n) is 8.69. The second kappa shape index (κ2) is 8.31. The largest absolute Gasteiger partial charge is 0.354 e. The van der Waals surface area contributed by atoms with Gasteiger partial charge in [-0.1, -0.05) is 66.7 Å². The van der Waals surface area contributed by atoms with Crippen molar-refractivity contribution >= 4 is 16.8 Å². The van der Waals surface area contributed by atoms with Crippen LogP contribution in [0.1, 0.15) is 33.1 Å². The van der Waals surface area contributed by atoms with E-state index in [1.54, 1.807) is 12.1 Å². The van der Waals surface area contributed by atoms with Gasteiger partial charge in [-0.2, -0.15) is 0 Å². The highest BCUT2D eigenvalue weighted by molar-refractivity contribution is 6.02. The van der Waals surface area contributed by atoms with Crippen molar-refractivity contribution in [2.24, 2.45) is 0 Å². The molecule has 1 N–H and O–H groups in total. The molecule has 1 amide bonds. The van der Waals surface area contributed by atoms with Crippen LogP contribution in [0.3, 0.4) is 0 Å². The van der Waals surface area contributed by atoms with Crippen molar-refractivity contribution in [1.29, 1.82) is 0 Å². The van der Waals surface area contributed by atoms with E-state index in [0.717, 1.165) is 45.3 Å². The van der Waals surface area contributed by atoms with E-state index in [9.17, 15) is 9.18 Å². The molecule has 0 spiro atoms. The molecule has 0 fully saturated rings. The van der Waals surface area contributed by atoms with Crippen LogP contribution in [0.5, 0.6) is 0 Å². The number of aromatic nitrogens is 1. The number of amides is 1. The van der Waals surface area contributed by atoms with Gasteiger partial charge in [-0.3, -0.25) is 4.79 Å². The normalized spacial score (nSPS) is 15.1. The van der Waals surface area contributed by atoms with Crippen molar-refractivity contribution in [1.82, 2.24) is 9.88 Å². The third kappa shape index (κ3) is 3.39. The van der Waals surface area contributed by atoms with Gasteiger partial charge in [0, 0.05) is 28.6 Å². The molecule has 1 aromatic heterocycles. The van der Waals surface area contributed by atoms with Crippen LogP contribution in [0.15, 0.2) is 103 Å². The van der Waals surface area contributed by atoms with Gasteiger partial charge in [-0.25, -0.2) is 4.39 Å². The lowest BCUT2D eigenvalue weighted by molar-refractivity contribution is 0.0753. The van der Waals surface area contributed by atoms with Gasteiger partial charge in [0.25, 0.3) is 5.91 Å². The minimum Gasteiger partial charge on any atom is -0.354 e. The molecule has 1 aliphatic rings. The summed E-state index contributed by atoms with van der Waals surface area (Å²) in [5.41, 5.74) is 6.81. The maximum Gasteiger partial charge on any atom is 0.255 e. The van der Waals surface area contributed by atoms with E-state index in [1.807, 2.05) is 59.5 Å². The van der Waals surface area contributed by atoms with Crippen LogP contribution in [0.2, 0.25) is 0 Å². The Balaban J connectivity index is 1.53. The van der Waals surface area contributed by atoms with E-state index in [4.69, 9.17) is 0 Å². The van der Waals surface area contributed by atoms with Crippen LogP contribution in [-0.2, 0) is 6.42 Å². The number of benzene rings is 4. The van der Waals surface area contributed by atoms with Gasteiger partial charge in [0.2, 0.25) is 0 Å². The molecule has 1 aliphatic heterocycles. The van der Waals surface area contributed by atoms with Gasteiger partial charge in [-0.05, 0) is 59.5 Å². The van der Waals surface area contributed by atoms with Crippen molar-refractivity contribution in [2.75, 3.05) is 6.54 Å². The zero-order chi connectivity index (χ0) is 23.1. The first-order valence-corrected chi connectivity index (χ1v) is 11.5. The van der Waals surface area contributed by atoms with Crippen LogP contribution in [0.25, 0.3) is 22.2 Å². The Bertz CT molecular complexity index is 1490. The average molecular weight is 447 g/mol. The molecular formula is C30H23FN2O. The smallest absolute Gasteiger partial charge is 0.255 e. The van der Waals surface area contributed by atoms with Gasteiger partial charge in [-0.15, -0.1) is 0 Å². The number of hydrogen-bond acceptors (Lipinski definition) is 1. The molecular weight excluding hydrogens is 423 g/mol. The lowest BCUT2D eigenvalue weighted by Crippen LogP contribution is -2.31. The van der Waals surface area contributed by atoms with Crippen molar-refractivity contribution in [2.45, 2.75) is 12.5 Å². The summed E-state index contributed by atoms with van der Waals surface area (Å²) < 4.78 is 13.7. The van der Waals surface area contributed by atoms with E-state index >= 15 is 0 Å². The van der Waals surface area contributed by atoms with E-state index in [2.05, 4.69) is 29.2 Å². The molecule has 0 unspecified atom stereocenters. The molecule has 1 atom stereocenters. The number of halogens is 1. The summed E-state index contributed by atoms with van der Waals surface area (Å²) in [5, 5.41) is 1.07. The Kier molecular flexibility index (Phi) is 4.99. The molecule has 4 aromatic carbocycles. The Morgan fingerprint density at radius 3 is 2.32 bits per heavy atom. The quantitative estimate of drug-likeness (QED) is 0.318. The molecule has 0 bridgehead atoms. The highest BCUT2D eigenvalue weighted by Gasteiger charge is 2.39. The SMILES string of the molecule is O=C1c2ccccc2[C@@H](c2c(-c3ccc(F)cc3)[nH]c3ccccc23)N1CCc1ccccc1. The highest BCUT2D eigenvalue weighted by Crippen LogP contribution is 2.45. The first-order chi connectivity index (χ1) is 16.7. The fourth-order valence-electron chi connectivity index (χ4n) is 5.10. The van der Waals surface area contributed by atoms with Gasteiger partial charge in [0.05, 0.1) is 11.7 Å². The number of hydrogen-bond donors (Lipinski definition) is 1. The number of carbonyl (C=O) groups excluding carboxylic acids is 1. The maximum atomic E-state index is 13.7. The summed E-state index contributed by atoms with van der Waals surface area (Å²) in [6, 6.07) is 32.6. The van der Waals surface area contributed by atoms with E-state index in [0.29, 0.717) is 6.54 Å². The number of rotatable bonds is 5. The summed E-state index contributed by atoms with van der Waals surface area (Å²) in [6.45, 7) is 0.602. The molecule has 34 heavy (non-hydrogen) atoms.